The normalized spacial score (nSPS) is 11.1. The first kappa shape index (κ1) is 9.23. The summed E-state index contributed by atoms with van der Waals surface area (Å²) in [5.74, 6) is 1.15. The van der Waals surface area contributed by atoms with Gasteiger partial charge in [-0.2, -0.15) is 9.61 Å². The maximum Gasteiger partial charge on any atom is 0.193 e. The van der Waals surface area contributed by atoms with Crippen molar-refractivity contribution in [1.82, 2.24) is 14.6 Å². The zero-order chi connectivity index (χ0) is 11.1. The molecule has 3 heterocycles. The zero-order valence-corrected chi connectivity index (χ0v) is 8.85. The Morgan fingerprint density at radius 2 is 2.19 bits per heavy atom. The van der Waals surface area contributed by atoms with Gasteiger partial charge in [0.15, 0.2) is 10.9 Å². The molecule has 0 fully saturated rings. The number of nitrogen functional groups attached to an aromatic ring is 1. The summed E-state index contributed by atoms with van der Waals surface area (Å²) < 4.78 is 6.85. The molecule has 0 unspecified atom stereocenters. The highest BCUT2D eigenvalue weighted by Crippen LogP contribution is 2.27. The quantitative estimate of drug-likeness (QED) is 0.701. The van der Waals surface area contributed by atoms with E-state index in [4.69, 9.17) is 21.8 Å². The molecule has 0 bridgehead atoms. The second-order valence-electron chi connectivity index (χ2n) is 3.27. The second kappa shape index (κ2) is 3.24. The number of halogens is 1. The van der Waals surface area contributed by atoms with Crippen LogP contribution in [-0.4, -0.2) is 14.6 Å². The van der Waals surface area contributed by atoms with Gasteiger partial charge >= 0.3 is 0 Å². The first-order valence-corrected chi connectivity index (χ1v) is 4.97. The molecule has 0 saturated carbocycles. The van der Waals surface area contributed by atoms with Gasteiger partial charge < -0.3 is 10.2 Å². The number of rotatable bonds is 1. The van der Waals surface area contributed by atoms with E-state index in [0.29, 0.717) is 22.4 Å². The van der Waals surface area contributed by atoms with Crippen molar-refractivity contribution in [3.8, 4) is 11.3 Å². The summed E-state index contributed by atoms with van der Waals surface area (Å²) >= 11 is 5.72. The molecule has 3 aromatic rings. The van der Waals surface area contributed by atoms with Crippen LogP contribution in [0.3, 0.4) is 0 Å². The first-order chi connectivity index (χ1) is 7.75. The Morgan fingerprint density at radius 1 is 1.31 bits per heavy atom. The van der Waals surface area contributed by atoms with E-state index in [1.165, 1.54) is 0 Å². The summed E-state index contributed by atoms with van der Waals surface area (Å²) in [4.78, 5) is 4.21. The fraction of sp³-hybridized carbons (Fsp3) is 0. The van der Waals surface area contributed by atoms with Gasteiger partial charge in [0, 0.05) is 6.20 Å². The monoisotopic (exact) mass is 234 g/mol. The number of aromatic nitrogens is 3. The van der Waals surface area contributed by atoms with Crippen LogP contribution in [0.2, 0.25) is 5.22 Å². The number of nitrogens with two attached hydrogens (primary N) is 1. The molecule has 0 spiro atoms. The van der Waals surface area contributed by atoms with Crippen LogP contribution in [-0.2, 0) is 0 Å². The molecule has 3 aromatic heterocycles. The van der Waals surface area contributed by atoms with Crippen LogP contribution in [0.5, 0.6) is 0 Å². The minimum atomic E-state index is 0.332. The SMILES string of the molecule is Nc1ccnc2c(-c3ccc(Cl)o3)cnn12. The molecule has 0 aromatic carbocycles. The predicted molar refractivity (Wildman–Crippen MR) is 60.1 cm³/mol. The maximum absolute atomic E-state index is 5.76. The van der Waals surface area contributed by atoms with Gasteiger partial charge in [0.2, 0.25) is 0 Å². The highest BCUT2D eigenvalue weighted by Gasteiger charge is 2.12. The summed E-state index contributed by atoms with van der Waals surface area (Å²) in [5.41, 5.74) is 7.16. The Labute approximate surface area is 95.5 Å². The highest BCUT2D eigenvalue weighted by molar-refractivity contribution is 6.29. The Kier molecular flexibility index (Phi) is 1.87. The molecule has 2 N–H and O–H groups in total. The van der Waals surface area contributed by atoms with Crippen LogP contribution in [0.1, 0.15) is 0 Å². The molecule has 80 valence electrons. The number of hydrogen-bond acceptors (Lipinski definition) is 4. The molecule has 5 nitrogen and oxygen atoms in total. The molecular formula is C10H7ClN4O. The van der Waals surface area contributed by atoms with Crippen LogP contribution in [0.15, 0.2) is 35.0 Å². The minimum Gasteiger partial charge on any atom is -0.445 e. The van der Waals surface area contributed by atoms with Gasteiger partial charge in [0.25, 0.3) is 0 Å². The lowest BCUT2D eigenvalue weighted by Gasteiger charge is -1.97. The van der Waals surface area contributed by atoms with Gasteiger partial charge in [0.1, 0.15) is 11.6 Å². The van der Waals surface area contributed by atoms with Crippen LogP contribution in [0.4, 0.5) is 5.82 Å². The zero-order valence-electron chi connectivity index (χ0n) is 8.09. The molecule has 0 radical (unpaired) electrons. The van der Waals surface area contributed by atoms with Gasteiger partial charge in [-0.25, -0.2) is 4.98 Å². The third-order valence-corrected chi connectivity index (χ3v) is 2.47. The summed E-state index contributed by atoms with van der Waals surface area (Å²) in [6, 6.07) is 5.12. The molecule has 6 heteroatoms. The third-order valence-electron chi connectivity index (χ3n) is 2.27. The van der Waals surface area contributed by atoms with E-state index in [9.17, 15) is 0 Å². The van der Waals surface area contributed by atoms with Gasteiger partial charge in [-0.1, -0.05) is 0 Å². The van der Waals surface area contributed by atoms with E-state index < -0.39 is 0 Å². The van der Waals surface area contributed by atoms with E-state index in [0.717, 1.165) is 5.56 Å². The molecule has 0 aliphatic rings. The fourth-order valence-electron chi connectivity index (χ4n) is 1.54. The van der Waals surface area contributed by atoms with Crippen molar-refractivity contribution in [1.29, 1.82) is 0 Å². The van der Waals surface area contributed by atoms with Gasteiger partial charge in [-0.3, -0.25) is 0 Å². The Balaban J connectivity index is 2.29. The lowest BCUT2D eigenvalue weighted by Crippen LogP contribution is -1.98. The third kappa shape index (κ3) is 1.25. The van der Waals surface area contributed by atoms with Crippen LogP contribution in [0.25, 0.3) is 17.0 Å². The van der Waals surface area contributed by atoms with E-state index >= 15 is 0 Å². The van der Waals surface area contributed by atoms with Crippen molar-refractivity contribution < 1.29 is 4.42 Å². The molecule has 0 atom stereocenters. The maximum atomic E-state index is 5.76. The van der Waals surface area contributed by atoms with E-state index in [2.05, 4.69) is 10.1 Å². The van der Waals surface area contributed by atoms with Crippen LogP contribution in [0, 0.1) is 0 Å². The van der Waals surface area contributed by atoms with E-state index in [1.54, 1.807) is 35.1 Å². The molecule has 0 saturated heterocycles. The molecule has 3 rings (SSSR count). The second-order valence-corrected chi connectivity index (χ2v) is 3.64. The Bertz CT molecular complexity index is 658. The number of nitrogens with zero attached hydrogens (tertiary/aromatic N) is 3. The average molecular weight is 235 g/mol. The lowest BCUT2D eigenvalue weighted by atomic mass is 10.2. The van der Waals surface area contributed by atoms with Crippen molar-refractivity contribution in [2.45, 2.75) is 0 Å². The number of hydrogen-bond donors (Lipinski definition) is 1. The smallest absolute Gasteiger partial charge is 0.193 e. The van der Waals surface area contributed by atoms with E-state index in [1.807, 2.05) is 0 Å². The number of fused-ring (bicyclic) bond motifs is 1. The standard InChI is InChI=1S/C10H7ClN4O/c11-8-2-1-7(16-8)6-5-14-15-9(12)3-4-13-10(6)15/h1-5H,12H2. The predicted octanol–water partition coefficient (Wildman–Crippen LogP) is 2.22. The van der Waals surface area contributed by atoms with Gasteiger partial charge in [0.05, 0.1) is 11.8 Å². The Hall–Kier alpha value is -2.01. The lowest BCUT2D eigenvalue weighted by molar-refractivity contribution is 0.585. The highest BCUT2D eigenvalue weighted by atomic mass is 35.5. The summed E-state index contributed by atoms with van der Waals surface area (Å²) in [5, 5.41) is 4.46. The number of furan rings is 1. The van der Waals surface area contributed by atoms with Crippen molar-refractivity contribution in [3.63, 3.8) is 0 Å². The van der Waals surface area contributed by atoms with Gasteiger partial charge in [-0.05, 0) is 29.8 Å². The topological polar surface area (TPSA) is 69.3 Å². The minimum absolute atomic E-state index is 0.332. The van der Waals surface area contributed by atoms with Crippen LogP contribution < -0.4 is 5.73 Å². The Morgan fingerprint density at radius 3 is 2.94 bits per heavy atom. The summed E-state index contributed by atoms with van der Waals surface area (Å²) in [7, 11) is 0. The van der Waals surface area contributed by atoms with Gasteiger partial charge in [-0.15, -0.1) is 0 Å². The molecular weight excluding hydrogens is 228 g/mol. The number of anilines is 1. The van der Waals surface area contributed by atoms with Crippen LogP contribution >= 0.6 is 11.6 Å². The van der Waals surface area contributed by atoms with Crippen molar-refractivity contribution in [3.05, 3.63) is 35.8 Å². The molecule has 0 aliphatic heterocycles. The molecule has 0 amide bonds. The van der Waals surface area contributed by atoms with Crippen molar-refractivity contribution in [2.24, 2.45) is 0 Å². The molecule has 16 heavy (non-hydrogen) atoms. The van der Waals surface area contributed by atoms with Crippen molar-refractivity contribution >= 4 is 23.1 Å². The molecule has 0 aliphatic carbocycles. The average Bonchev–Trinajstić information content (AvgIpc) is 2.84. The summed E-state index contributed by atoms with van der Waals surface area (Å²) in [6.07, 6.45) is 3.27. The largest absolute Gasteiger partial charge is 0.445 e. The van der Waals surface area contributed by atoms with E-state index in [-0.39, 0.29) is 0 Å². The first-order valence-electron chi connectivity index (χ1n) is 4.59. The fourth-order valence-corrected chi connectivity index (χ4v) is 1.69. The summed E-state index contributed by atoms with van der Waals surface area (Å²) in [6.45, 7) is 0. The van der Waals surface area contributed by atoms with Crippen molar-refractivity contribution in [2.75, 3.05) is 5.73 Å².